The maximum Gasteiger partial charge on any atom is 0.417 e. The summed E-state index contributed by atoms with van der Waals surface area (Å²) in [4.78, 5) is 13.5. The number of nitrogens with zero attached hydrogens (tertiary/aromatic N) is 2. The van der Waals surface area contributed by atoms with Crippen LogP contribution in [0.3, 0.4) is 0 Å². The van der Waals surface area contributed by atoms with Crippen LogP contribution in [0, 0.1) is 11.3 Å². The quantitative estimate of drug-likeness (QED) is 0.580. The summed E-state index contributed by atoms with van der Waals surface area (Å²) in [6, 6.07) is 7.89. The van der Waals surface area contributed by atoms with Gasteiger partial charge in [-0.2, -0.15) is 31.6 Å². The fourth-order valence-electron chi connectivity index (χ4n) is 4.61. The van der Waals surface area contributed by atoms with E-state index in [0.717, 1.165) is 18.6 Å². The molecule has 2 fully saturated rings. The molecular formula is C24H21F6N3O2. The van der Waals surface area contributed by atoms with Gasteiger partial charge in [-0.15, -0.1) is 0 Å². The molecule has 2 heterocycles. The predicted octanol–water partition coefficient (Wildman–Crippen LogP) is 5.16. The Morgan fingerprint density at radius 2 is 1.80 bits per heavy atom. The fourth-order valence-corrected chi connectivity index (χ4v) is 4.61. The van der Waals surface area contributed by atoms with Crippen molar-refractivity contribution in [3.05, 3.63) is 59.2 Å². The number of nitriles is 1. The van der Waals surface area contributed by atoms with Gasteiger partial charge in [0.05, 0.1) is 17.2 Å². The van der Waals surface area contributed by atoms with Gasteiger partial charge in [-0.25, -0.2) is 0 Å². The van der Waals surface area contributed by atoms with Gasteiger partial charge in [-0.1, -0.05) is 6.07 Å². The van der Waals surface area contributed by atoms with Crippen molar-refractivity contribution in [3.63, 3.8) is 0 Å². The molecule has 2 saturated heterocycles. The highest BCUT2D eigenvalue weighted by Crippen LogP contribution is 2.42. The Morgan fingerprint density at radius 3 is 2.37 bits per heavy atom. The predicted molar refractivity (Wildman–Crippen MR) is 114 cm³/mol. The lowest BCUT2D eigenvalue weighted by atomic mass is 9.88. The fraction of sp³-hybridized carbons (Fsp3) is 0.417. The van der Waals surface area contributed by atoms with Crippen LogP contribution in [0.15, 0.2) is 42.5 Å². The van der Waals surface area contributed by atoms with Crippen molar-refractivity contribution in [2.75, 3.05) is 18.1 Å². The van der Waals surface area contributed by atoms with Crippen LogP contribution in [0.2, 0.25) is 0 Å². The second kappa shape index (κ2) is 9.41. The molecule has 0 radical (unpaired) electrons. The van der Waals surface area contributed by atoms with E-state index in [1.54, 1.807) is 29.2 Å². The van der Waals surface area contributed by atoms with Gasteiger partial charge in [0, 0.05) is 30.6 Å². The molecule has 2 aromatic carbocycles. The second-order valence-corrected chi connectivity index (χ2v) is 8.59. The standard InChI is InChI=1S/C24H21F6N3O2/c25-23(26,27)20-10-14(3-4-15(20)12-31)19-11-16(32-22(19)24(28,29)30)13-35-18-7-5-17(6-8-18)33-9-1-2-21(33)34/h3-8,10,16,19,22,32H,1-2,9,11,13H2. The van der Waals surface area contributed by atoms with Crippen molar-refractivity contribution in [1.82, 2.24) is 5.32 Å². The molecule has 186 valence electrons. The van der Waals surface area contributed by atoms with Crippen molar-refractivity contribution in [2.24, 2.45) is 0 Å². The van der Waals surface area contributed by atoms with Gasteiger partial charge in [-0.3, -0.25) is 10.1 Å². The summed E-state index contributed by atoms with van der Waals surface area (Å²) in [5, 5.41) is 11.4. The van der Waals surface area contributed by atoms with Crippen LogP contribution in [0.1, 0.15) is 41.9 Å². The Balaban J connectivity index is 1.48. The molecule has 4 rings (SSSR count). The Hall–Kier alpha value is -3.26. The monoisotopic (exact) mass is 497 g/mol. The maximum atomic E-state index is 13.7. The van der Waals surface area contributed by atoms with E-state index in [9.17, 15) is 31.1 Å². The molecule has 1 N–H and O–H groups in total. The number of carbonyl (C=O) groups is 1. The van der Waals surface area contributed by atoms with Crippen LogP contribution in [0.4, 0.5) is 32.0 Å². The number of hydrogen-bond acceptors (Lipinski definition) is 4. The number of hydrogen-bond donors (Lipinski definition) is 1. The van der Waals surface area contributed by atoms with E-state index in [-0.39, 0.29) is 24.5 Å². The van der Waals surface area contributed by atoms with E-state index < -0.39 is 41.5 Å². The van der Waals surface area contributed by atoms with Crippen molar-refractivity contribution in [1.29, 1.82) is 5.26 Å². The van der Waals surface area contributed by atoms with E-state index in [1.807, 2.05) is 0 Å². The average molecular weight is 497 g/mol. The normalized spacial score (nSPS) is 22.9. The summed E-state index contributed by atoms with van der Waals surface area (Å²) in [5.74, 6) is -0.859. The van der Waals surface area contributed by atoms with Gasteiger partial charge in [0.25, 0.3) is 0 Å². The summed E-state index contributed by atoms with van der Waals surface area (Å²) in [6.45, 7) is 0.490. The highest BCUT2D eigenvalue weighted by Gasteiger charge is 2.51. The van der Waals surface area contributed by atoms with Gasteiger partial charge < -0.3 is 9.64 Å². The summed E-state index contributed by atoms with van der Waals surface area (Å²) in [5.41, 5.74) is -1.34. The Kier molecular flexibility index (Phi) is 6.68. The third kappa shape index (κ3) is 5.37. The van der Waals surface area contributed by atoms with E-state index in [4.69, 9.17) is 10.00 Å². The first-order valence-electron chi connectivity index (χ1n) is 10.9. The minimum absolute atomic E-state index is 0.0227. The van der Waals surface area contributed by atoms with E-state index in [1.165, 1.54) is 6.07 Å². The Labute approximate surface area is 197 Å². The van der Waals surface area contributed by atoms with Crippen LogP contribution in [-0.2, 0) is 11.0 Å². The minimum Gasteiger partial charge on any atom is -0.492 e. The summed E-state index contributed by atoms with van der Waals surface area (Å²) in [6.07, 6.45) is -8.41. The number of anilines is 1. The number of amides is 1. The molecule has 5 nitrogen and oxygen atoms in total. The first kappa shape index (κ1) is 24.9. The van der Waals surface area contributed by atoms with Crippen LogP contribution in [0.25, 0.3) is 0 Å². The molecule has 2 aromatic rings. The van der Waals surface area contributed by atoms with Crippen LogP contribution in [0.5, 0.6) is 5.75 Å². The van der Waals surface area contributed by atoms with Gasteiger partial charge in [-0.05, 0) is 54.8 Å². The van der Waals surface area contributed by atoms with Gasteiger partial charge >= 0.3 is 12.4 Å². The lowest BCUT2D eigenvalue weighted by Crippen LogP contribution is -2.44. The average Bonchev–Trinajstić information content (AvgIpc) is 3.43. The number of carbonyl (C=O) groups excluding carboxylic acids is 1. The number of benzene rings is 2. The molecule has 35 heavy (non-hydrogen) atoms. The van der Waals surface area contributed by atoms with E-state index >= 15 is 0 Å². The molecule has 2 aliphatic heterocycles. The molecule has 0 saturated carbocycles. The van der Waals surface area contributed by atoms with Crippen molar-refractivity contribution < 1.29 is 35.9 Å². The number of rotatable bonds is 5. The smallest absolute Gasteiger partial charge is 0.417 e. The summed E-state index contributed by atoms with van der Waals surface area (Å²) in [7, 11) is 0. The van der Waals surface area contributed by atoms with Gasteiger partial charge in [0.2, 0.25) is 5.91 Å². The molecule has 2 aliphatic rings. The first-order chi connectivity index (χ1) is 16.5. The molecule has 1 amide bonds. The zero-order valence-electron chi connectivity index (χ0n) is 18.3. The first-order valence-corrected chi connectivity index (χ1v) is 10.9. The Morgan fingerprint density at radius 1 is 1.09 bits per heavy atom. The van der Waals surface area contributed by atoms with Gasteiger partial charge in [0.1, 0.15) is 18.4 Å². The molecular weight excluding hydrogens is 476 g/mol. The zero-order valence-corrected chi connectivity index (χ0v) is 18.3. The SMILES string of the molecule is N#Cc1ccc(C2CC(COc3ccc(N4CCCC4=O)cc3)NC2C(F)(F)F)cc1C(F)(F)F. The van der Waals surface area contributed by atoms with E-state index in [0.29, 0.717) is 30.5 Å². The highest BCUT2D eigenvalue weighted by atomic mass is 19.4. The van der Waals surface area contributed by atoms with Crippen LogP contribution < -0.4 is 15.0 Å². The third-order valence-corrected chi connectivity index (χ3v) is 6.28. The number of halogens is 6. The molecule has 0 aromatic heterocycles. The lowest BCUT2D eigenvalue weighted by Gasteiger charge is -2.23. The largest absolute Gasteiger partial charge is 0.492 e. The molecule has 3 atom stereocenters. The van der Waals surface area contributed by atoms with Gasteiger partial charge in [0.15, 0.2) is 0 Å². The van der Waals surface area contributed by atoms with E-state index in [2.05, 4.69) is 5.32 Å². The summed E-state index contributed by atoms with van der Waals surface area (Å²) >= 11 is 0. The van der Waals surface area contributed by atoms with Crippen LogP contribution >= 0.6 is 0 Å². The molecule has 3 unspecified atom stereocenters. The third-order valence-electron chi connectivity index (χ3n) is 6.28. The van der Waals surface area contributed by atoms with Crippen molar-refractivity contribution in [3.8, 4) is 11.8 Å². The minimum atomic E-state index is -4.87. The molecule has 0 bridgehead atoms. The number of ether oxygens (including phenoxy) is 1. The highest BCUT2D eigenvalue weighted by molar-refractivity contribution is 5.95. The topological polar surface area (TPSA) is 65.4 Å². The summed E-state index contributed by atoms with van der Waals surface area (Å²) < 4.78 is 86.8. The van der Waals surface area contributed by atoms with Crippen molar-refractivity contribution >= 4 is 11.6 Å². The lowest BCUT2D eigenvalue weighted by molar-refractivity contribution is -0.156. The molecule has 0 spiro atoms. The number of alkyl halides is 6. The maximum absolute atomic E-state index is 13.7. The second-order valence-electron chi connectivity index (χ2n) is 8.59. The van der Waals surface area contributed by atoms with Crippen LogP contribution in [-0.4, -0.2) is 37.3 Å². The number of nitrogens with one attached hydrogen (secondary N) is 1. The molecule has 11 heteroatoms. The van der Waals surface area contributed by atoms with Crippen molar-refractivity contribution in [2.45, 2.75) is 49.6 Å². The Bertz CT molecular complexity index is 1120. The molecule has 0 aliphatic carbocycles. The zero-order chi connectivity index (χ0) is 25.4.